The van der Waals surface area contributed by atoms with Crippen LogP contribution in [0.25, 0.3) is 22.2 Å². The summed E-state index contributed by atoms with van der Waals surface area (Å²) in [6.45, 7) is 0.340. The Morgan fingerprint density at radius 1 is 0.865 bits per heavy atom. The van der Waals surface area contributed by atoms with E-state index in [1.165, 1.54) is 12.1 Å². The van der Waals surface area contributed by atoms with E-state index in [0.29, 0.717) is 23.6 Å². The topological polar surface area (TPSA) is 54.6 Å². The minimum atomic E-state index is -0.365. The van der Waals surface area contributed by atoms with Crippen molar-refractivity contribution in [2.24, 2.45) is 0 Å². The molecule has 1 aliphatic heterocycles. The zero-order valence-electron chi connectivity index (χ0n) is 20.5. The number of fused-ring (bicyclic) bond motifs is 2. The second-order valence-corrected chi connectivity index (χ2v) is 9.07. The van der Waals surface area contributed by atoms with Crippen molar-refractivity contribution in [1.29, 1.82) is 0 Å². The number of aromatic amines is 1. The van der Waals surface area contributed by atoms with Gasteiger partial charge in [0.2, 0.25) is 0 Å². The summed E-state index contributed by atoms with van der Waals surface area (Å²) in [6, 6.07) is 27.4. The standard InChI is InChI=1S/C31H25FN2O3/c1-36-21-15-16-27(37-2)25(17-21)29-28(24-9-5-6-10-26(24)33-29)30-22-7-3-4-8-23(22)31(35)34(30)18-19-11-13-20(32)14-12-19/h3-17,30,33H,18H2,1-2H3/t30-/m0/s1. The lowest BCUT2D eigenvalue weighted by Crippen LogP contribution is -2.28. The molecular weight excluding hydrogens is 467 g/mol. The van der Waals surface area contributed by atoms with Gasteiger partial charge in [-0.15, -0.1) is 0 Å². The van der Waals surface area contributed by atoms with E-state index in [0.717, 1.165) is 38.9 Å². The number of carbonyl (C=O) groups is 1. The van der Waals surface area contributed by atoms with Crippen LogP contribution in [0.5, 0.6) is 11.5 Å². The number of methoxy groups -OCH3 is 2. The van der Waals surface area contributed by atoms with E-state index >= 15 is 0 Å². The number of H-pyrrole nitrogens is 1. The molecule has 1 aliphatic rings. The van der Waals surface area contributed by atoms with Gasteiger partial charge in [0.15, 0.2) is 0 Å². The number of hydrogen-bond acceptors (Lipinski definition) is 3. The largest absolute Gasteiger partial charge is 0.497 e. The predicted octanol–water partition coefficient (Wildman–Crippen LogP) is 6.74. The third-order valence-corrected chi connectivity index (χ3v) is 7.02. The van der Waals surface area contributed by atoms with Gasteiger partial charge in [-0.3, -0.25) is 4.79 Å². The smallest absolute Gasteiger partial charge is 0.255 e. The van der Waals surface area contributed by atoms with Crippen LogP contribution in [0.2, 0.25) is 0 Å². The average Bonchev–Trinajstić information content (AvgIpc) is 3.44. The van der Waals surface area contributed by atoms with E-state index in [2.05, 4.69) is 11.1 Å². The van der Waals surface area contributed by atoms with Gasteiger partial charge in [0.1, 0.15) is 17.3 Å². The number of nitrogens with one attached hydrogen (secondary N) is 1. The molecule has 1 aromatic heterocycles. The van der Waals surface area contributed by atoms with Gasteiger partial charge in [-0.25, -0.2) is 4.39 Å². The molecule has 1 atom stereocenters. The Morgan fingerprint density at radius 3 is 2.41 bits per heavy atom. The Labute approximate surface area is 214 Å². The number of rotatable bonds is 6. The van der Waals surface area contributed by atoms with Gasteiger partial charge in [-0.2, -0.15) is 0 Å². The lowest BCUT2D eigenvalue weighted by molar-refractivity contribution is 0.0737. The fourth-order valence-electron chi connectivity index (χ4n) is 5.30. The molecule has 1 N–H and O–H groups in total. The zero-order chi connectivity index (χ0) is 25.5. The van der Waals surface area contributed by atoms with Crippen LogP contribution in [0.15, 0.2) is 91.0 Å². The monoisotopic (exact) mass is 492 g/mol. The summed E-state index contributed by atoms with van der Waals surface area (Å²) in [7, 11) is 3.27. The van der Waals surface area contributed by atoms with Crippen LogP contribution in [0, 0.1) is 5.82 Å². The number of halogens is 1. The van der Waals surface area contributed by atoms with Crippen LogP contribution < -0.4 is 9.47 Å². The van der Waals surface area contributed by atoms with Gasteiger partial charge in [-0.05, 0) is 53.6 Å². The second-order valence-electron chi connectivity index (χ2n) is 9.07. The number of hydrogen-bond donors (Lipinski definition) is 1. The van der Waals surface area contributed by atoms with Crippen LogP contribution in [0.4, 0.5) is 4.39 Å². The summed E-state index contributed by atoms with van der Waals surface area (Å²) < 4.78 is 24.9. The van der Waals surface area contributed by atoms with E-state index in [9.17, 15) is 9.18 Å². The molecule has 0 aliphatic carbocycles. The molecule has 6 rings (SSSR count). The minimum Gasteiger partial charge on any atom is -0.497 e. The number of para-hydroxylation sites is 1. The van der Waals surface area contributed by atoms with Crippen molar-refractivity contribution >= 4 is 16.8 Å². The maximum atomic E-state index is 13.8. The van der Waals surface area contributed by atoms with E-state index in [1.807, 2.05) is 65.6 Å². The third-order valence-electron chi connectivity index (χ3n) is 7.02. The van der Waals surface area contributed by atoms with Gasteiger partial charge < -0.3 is 19.4 Å². The highest BCUT2D eigenvalue weighted by Crippen LogP contribution is 2.47. The number of ether oxygens (including phenoxy) is 2. The molecule has 1 amide bonds. The molecule has 0 bridgehead atoms. The molecule has 0 spiro atoms. The van der Waals surface area contributed by atoms with Crippen molar-refractivity contribution in [3.05, 3.63) is 119 Å². The van der Waals surface area contributed by atoms with Gasteiger partial charge in [0.05, 0.1) is 26.0 Å². The summed E-state index contributed by atoms with van der Waals surface area (Å²) in [5, 5.41) is 1.01. The Morgan fingerprint density at radius 2 is 1.62 bits per heavy atom. The van der Waals surface area contributed by atoms with Crippen molar-refractivity contribution in [3.63, 3.8) is 0 Å². The molecular formula is C31H25FN2O3. The van der Waals surface area contributed by atoms with Gasteiger partial charge in [-0.1, -0.05) is 48.5 Å². The summed E-state index contributed by atoms with van der Waals surface area (Å²) in [5.41, 5.74) is 6.08. The fraction of sp³-hybridized carbons (Fsp3) is 0.129. The van der Waals surface area contributed by atoms with Crippen LogP contribution in [0.1, 0.15) is 33.1 Å². The third kappa shape index (κ3) is 3.82. The van der Waals surface area contributed by atoms with Crippen LogP contribution in [-0.2, 0) is 6.54 Å². The predicted molar refractivity (Wildman–Crippen MR) is 141 cm³/mol. The van der Waals surface area contributed by atoms with Gasteiger partial charge in [0, 0.05) is 34.1 Å². The molecule has 0 saturated heterocycles. The molecule has 0 radical (unpaired) electrons. The van der Waals surface area contributed by atoms with Crippen molar-refractivity contribution in [2.75, 3.05) is 14.2 Å². The summed E-state index contributed by atoms with van der Waals surface area (Å²) >= 11 is 0. The first-order valence-corrected chi connectivity index (χ1v) is 12.1. The zero-order valence-corrected chi connectivity index (χ0v) is 20.5. The number of benzene rings is 4. The summed E-state index contributed by atoms with van der Waals surface area (Å²) in [4.78, 5) is 19.2. The SMILES string of the molecule is COc1ccc(OC)c(-c2[nH]c3ccccc3c2[C@@H]2c3ccccc3C(=O)N2Cc2ccc(F)cc2)c1. The quantitative estimate of drug-likeness (QED) is 0.286. The first-order valence-electron chi connectivity index (χ1n) is 12.1. The molecule has 6 heteroatoms. The number of carbonyl (C=O) groups excluding carboxylic acids is 1. The normalized spacial score (nSPS) is 14.7. The molecule has 5 nitrogen and oxygen atoms in total. The maximum Gasteiger partial charge on any atom is 0.255 e. The highest BCUT2D eigenvalue weighted by molar-refractivity contribution is 6.02. The fourth-order valence-corrected chi connectivity index (χ4v) is 5.30. The average molecular weight is 493 g/mol. The molecule has 0 fully saturated rings. The first kappa shape index (κ1) is 22.9. The Balaban J connectivity index is 1.61. The van der Waals surface area contributed by atoms with E-state index in [4.69, 9.17) is 9.47 Å². The molecule has 0 saturated carbocycles. The lowest BCUT2D eigenvalue weighted by Gasteiger charge is -2.27. The first-order chi connectivity index (χ1) is 18.1. The Hall–Kier alpha value is -4.58. The molecule has 184 valence electrons. The number of nitrogens with zero attached hydrogens (tertiary/aromatic N) is 1. The van der Waals surface area contributed by atoms with Crippen molar-refractivity contribution in [3.8, 4) is 22.8 Å². The van der Waals surface area contributed by atoms with E-state index < -0.39 is 0 Å². The minimum absolute atomic E-state index is 0.0567. The molecule has 0 unspecified atom stereocenters. The van der Waals surface area contributed by atoms with E-state index in [1.54, 1.807) is 26.4 Å². The molecule has 2 heterocycles. The second kappa shape index (κ2) is 9.13. The summed E-state index contributed by atoms with van der Waals surface area (Å²) in [5.74, 6) is 1.03. The van der Waals surface area contributed by atoms with Crippen molar-refractivity contribution in [2.45, 2.75) is 12.6 Å². The highest BCUT2D eigenvalue weighted by Gasteiger charge is 2.40. The van der Waals surface area contributed by atoms with Crippen molar-refractivity contribution < 1.29 is 18.7 Å². The van der Waals surface area contributed by atoms with Gasteiger partial charge in [0.25, 0.3) is 5.91 Å². The van der Waals surface area contributed by atoms with Crippen LogP contribution in [-0.4, -0.2) is 30.0 Å². The van der Waals surface area contributed by atoms with Gasteiger partial charge >= 0.3 is 0 Å². The van der Waals surface area contributed by atoms with Crippen LogP contribution in [0.3, 0.4) is 0 Å². The molecule has 37 heavy (non-hydrogen) atoms. The number of amides is 1. The number of aromatic nitrogens is 1. The molecule has 5 aromatic rings. The van der Waals surface area contributed by atoms with Crippen molar-refractivity contribution in [1.82, 2.24) is 9.88 Å². The Kier molecular flexibility index (Phi) is 5.64. The van der Waals surface area contributed by atoms with E-state index in [-0.39, 0.29) is 17.8 Å². The maximum absolute atomic E-state index is 13.8. The lowest BCUT2D eigenvalue weighted by atomic mass is 9.92. The Bertz CT molecular complexity index is 1620. The van der Waals surface area contributed by atoms with Crippen LogP contribution >= 0.6 is 0 Å². The highest BCUT2D eigenvalue weighted by atomic mass is 19.1. The summed E-state index contributed by atoms with van der Waals surface area (Å²) in [6.07, 6.45) is 0. The molecule has 4 aromatic carbocycles.